The van der Waals surface area contributed by atoms with E-state index in [1.807, 2.05) is 0 Å². The Kier molecular flexibility index (Phi) is 10.1. The van der Waals surface area contributed by atoms with Crippen molar-refractivity contribution in [1.29, 1.82) is 0 Å². The summed E-state index contributed by atoms with van der Waals surface area (Å²) in [6.07, 6.45) is -9.53. The molecule has 0 aliphatic carbocycles. The number of hydrogen-bond acceptors (Lipinski definition) is 4. The van der Waals surface area contributed by atoms with Crippen molar-refractivity contribution in [1.82, 2.24) is 0 Å². The second-order valence-electron chi connectivity index (χ2n) is 9.70. The van der Waals surface area contributed by atoms with Crippen molar-refractivity contribution in [2.75, 3.05) is 0 Å². The van der Waals surface area contributed by atoms with Gasteiger partial charge in [0.1, 0.15) is 11.5 Å². The van der Waals surface area contributed by atoms with E-state index in [0.717, 1.165) is 6.08 Å². The number of carbonyl (C=O) groups excluding carboxylic acids is 2. The minimum absolute atomic E-state index is 0.0514. The fourth-order valence-corrected chi connectivity index (χ4v) is 4.00. The van der Waals surface area contributed by atoms with Crippen LogP contribution in [0.1, 0.15) is 49.1 Å². The Morgan fingerprint density at radius 1 is 0.974 bits per heavy atom. The molecule has 2 aromatic rings. The van der Waals surface area contributed by atoms with Gasteiger partial charge in [-0.3, -0.25) is 9.59 Å². The number of carbonyl (C=O) groups is 2. The second kappa shape index (κ2) is 12.2. The molecular formula is C27H25Cl2F6NO3. The highest BCUT2D eigenvalue weighted by Gasteiger charge is 2.41. The molecule has 0 saturated carbocycles. The molecule has 4 nitrogen and oxygen atoms in total. The molecule has 0 aliphatic rings. The lowest BCUT2D eigenvalue weighted by atomic mass is 9.81. The molecule has 2 N–H and O–H groups in total. The Balaban J connectivity index is 2.62. The predicted molar refractivity (Wildman–Crippen MR) is 135 cm³/mol. The highest BCUT2D eigenvalue weighted by atomic mass is 35.5. The predicted octanol–water partition coefficient (Wildman–Crippen LogP) is 7.76. The highest BCUT2D eigenvalue weighted by Crippen LogP contribution is 2.39. The zero-order valence-electron chi connectivity index (χ0n) is 21.0. The molecular weight excluding hydrogens is 571 g/mol. The monoisotopic (exact) mass is 595 g/mol. The van der Waals surface area contributed by atoms with Gasteiger partial charge in [0.05, 0.1) is 27.1 Å². The standard InChI is InChI=1S/C27H25Cl2F6NO3/c1-5-6-18(22(36)15-11-16(26(30,31)32)13-17(12-15)27(33,34)35)23(37)19(24(38)39-25(2,3)4)9-14-7-8-20(28)21(29)10-14/h6-8,10-13,18-19,22H,1,9,36H2,2-4H3. The number of ketones is 1. The first-order valence-corrected chi connectivity index (χ1v) is 12.1. The Morgan fingerprint density at radius 3 is 1.95 bits per heavy atom. The summed E-state index contributed by atoms with van der Waals surface area (Å²) in [7, 11) is 0. The normalized spacial score (nSPS) is 14.7. The first-order chi connectivity index (χ1) is 17.7. The van der Waals surface area contributed by atoms with E-state index in [4.69, 9.17) is 33.7 Å². The summed E-state index contributed by atoms with van der Waals surface area (Å²) in [6.45, 7) is 8.01. The molecule has 0 aromatic heterocycles. The number of alkyl halides is 6. The fraction of sp³-hybridized carbons (Fsp3) is 0.370. The molecule has 12 heteroatoms. The third-order valence-corrected chi connectivity index (χ3v) is 6.21. The summed E-state index contributed by atoms with van der Waals surface area (Å²) in [4.78, 5) is 26.8. The maximum absolute atomic E-state index is 13.7. The van der Waals surface area contributed by atoms with Crippen LogP contribution in [-0.2, 0) is 33.1 Å². The second-order valence-corrected chi connectivity index (χ2v) is 10.5. The van der Waals surface area contributed by atoms with Gasteiger partial charge in [0.2, 0.25) is 0 Å². The van der Waals surface area contributed by atoms with E-state index < -0.39 is 64.3 Å². The number of hydrogen-bond donors (Lipinski definition) is 1. The molecule has 0 amide bonds. The van der Waals surface area contributed by atoms with Gasteiger partial charge < -0.3 is 10.5 Å². The largest absolute Gasteiger partial charge is 0.459 e. The van der Waals surface area contributed by atoms with Crippen LogP contribution in [0.25, 0.3) is 0 Å². The van der Waals surface area contributed by atoms with Gasteiger partial charge in [0, 0.05) is 6.04 Å². The third-order valence-electron chi connectivity index (χ3n) is 5.47. The number of Topliss-reactive ketones (excluding diaryl/α,β-unsaturated/α-hetero) is 1. The van der Waals surface area contributed by atoms with E-state index in [0.29, 0.717) is 17.7 Å². The molecule has 3 atom stereocenters. The lowest BCUT2D eigenvalue weighted by Crippen LogP contribution is -2.39. The van der Waals surface area contributed by atoms with Crippen LogP contribution in [0, 0.1) is 11.8 Å². The zero-order valence-corrected chi connectivity index (χ0v) is 22.5. The summed E-state index contributed by atoms with van der Waals surface area (Å²) < 4.78 is 85.9. The van der Waals surface area contributed by atoms with Gasteiger partial charge in [-0.1, -0.05) is 35.8 Å². The van der Waals surface area contributed by atoms with Gasteiger partial charge >= 0.3 is 18.3 Å². The first kappa shape index (κ1) is 32.4. The zero-order chi connectivity index (χ0) is 29.9. The molecule has 0 aliphatic heterocycles. The smallest absolute Gasteiger partial charge is 0.416 e. The Bertz CT molecular complexity index is 1250. The van der Waals surface area contributed by atoms with Crippen LogP contribution < -0.4 is 5.73 Å². The number of benzene rings is 2. The third kappa shape index (κ3) is 8.86. The molecule has 0 radical (unpaired) electrons. The van der Waals surface area contributed by atoms with Gasteiger partial charge in [-0.25, -0.2) is 0 Å². The summed E-state index contributed by atoms with van der Waals surface area (Å²) in [5, 5.41) is 0.340. The van der Waals surface area contributed by atoms with Crippen molar-refractivity contribution in [2.24, 2.45) is 17.6 Å². The Morgan fingerprint density at radius 2 is 1.51 bits per heavy atom. The SMILES string of the molecule is C=C=CC(C(=O)C(Cc1ccc(Cl)c(Cl)c1)C(=O)OC(C)(C)C)C(N)c1cc(C(F)(F)F)cc(C(F)(F)F)c1. The minimum atomic E-state index is -5.13. The van der Waals surface area contributed by atoms with Crippen molar-refractivity contribution < 1.29 is 40.7 Å². The molecule has 2 rings (SSSR count). The average Bonchev–Trinajstić information content (AvgIpc) is 2.79. The molecule has 3 unspecified atom stereocenters. The van der Waals surface area contributed by atoms with Gasteiger partial charge in [0.15, 0.2) is 5.78 Å². The van der Waals surface area contributed by atoms with E-state index in [2.05, 4.69) is 12.3 Å². The maximum Gasteiger partial charge on any atom is 0.416 e. The maximum atomic E-state index is 13.7. The molecule has 0 spiro atoms. The minimum Gasteiger partial charge on any atom is -0.459 e. The number of ether oxygens (including phenoxy) is 1. The van der Waals surface area contributed by atoms with Gasteiger partial charge in [-0.05, 0) is 74.7 Å². The topological polar surface area (TPSA) is 69.4 Å². The van der Waals surface area contributed by atoms with Gasteiger partial charge in [-0.2, -0.15) is 26.3 Å². The lowest BCUT2D eigenvalue weighted by molar-refractivity contribution is -0.162. The molecule has 212 valence electrons. The Labute approximate surface area is 231 Å². The van der Waals surface area contributed by atoms with E-state index in [1.165, 1.54) is 18.2 Å². The molecule has 0 fully saturated rings. The number of halogens is 8. The van der Waals surface area contributed by atoms with Crippen LogP contribution in [0.4, 0.5) is 26.3 Å². The van der Waals surface area contributed by atoms with Crippen LogP contribution in [-0.4, -0.2) is 17.4 Å². The quantitative estimate of drug-likeness (QED) is 0.146. The van der Waals surface area contributed by atoms with Crippen molar-refractivity contribution in [3.05, 3.63) is 87.1 Å². The van der Waals surface area contributed by atoms with E-state index in [9.17, 15) is 35.9 Å². The van der Waals surface area contributed by atoms with Gasteiger partial charge in [0.25, 0.3) is 0 Å². The van der Waals surface area contributed by atoms with E-state index >= 15 is 0 Å². The van der Waals surface area contributed by atoms with Crippen molar-refractivity contribution >= 4 is 35.0 Å². The van der Waals surface area contributed by atoms with Crippen LogP contribution in [0.5, 0.6) is 0 Å². The van der Waals surface area contributed by atoms with Crippen LogP contribution in [0.3, 0.4) is 0 Å². The van der Waals surface area contributed by atoms with E-state index in [-0.39, 0.29) is 22.5 Å². The summed E-state index contributed by atoms with van der Waals surface area (Å²) >= 11 is 12.0. The van der Waals surface area contributed by atoms with Crippen molar-refractivity contribution in [3.63, 3.8) is 0 Å². The molecule has 2 aromatic carbocycles. The summed E-state index contributed by atoms with van der Waals surface area (Å²) in [6, 6.07) is 3.42. The molecule has 39 heavy (non-hydrogen) atoms. The van der Waals surface area contributed by atoms with Crippen LogP contribution >= 0.6 is 23.2 Å². The average molecular weight is 596 g/mol. The highest BCUT2D eigenvalue weighted by molar-refractivity contribution is 6.42. The summed E-state index contributed by atoms with van der Waals surface area (Å²) in [5.41, 5.74) is 3.95. The number of rotatable bonds is 8. The Hall–Kier alpha value is -2.78. The van der Waals surface area contributed by atoms with E-state index in [1.54, 1.807) is 20.8 Å². The molecule has 0 heterocycles. The number of esters is 1. The van der Waals surface area contributed by atoms with Crippen LogP contribution in [0.2, 0.25) is 10.0 Å². The fourth-order valence-electron chi connectivity index (χ4n) is 3.68. The van der Waals surface area contributed by atoms with Gasteiger partial charge in [-0.15, -0.1) is 5.73 Å². The first-order valence-electron chi connectivity index (χ1n) is 11.4. The lowest BCUT2D eigenvalue weighted by Gasteiger charge is -2.27. The van der Waals surface area contributed by atoms with Crippen LogP contribution in [0.15, 0.2) is 54.8 Å². The molecule has 0 saturated heterocycles. The summed E-state index contributed by atoms with van der Waals surface area (Å²) in [5.74, 6) is -5.06. The van der Waals surface area contributed by atoms with Crippen molar-refractivity contribution in [2.45, 2.75) is 51.2 Å². The number of nitrogens with two attached hydrogens (primary N) is 1. The molecule has 0 bridgehead atoms. The van der Waals surface area contributed by atoms with Crippen molar-refractivity contribution in [3.8, 4) is 0 Å².